The lowest BCUT2D eigenvalue weighted by atomic mass is 9.77. The van der Waals surface area contributed by atoms with Crippen LogP contribution in [0.3, 0.4) is 0 Å². The van der Waals surface area contributed by atoms with Crippen molar-refractivity contribution in [3.63, 3.8) is 0 Å². The average Bonchev–Trinajstić information content (AvgIpc) is 3.72. The Kier molecular flexibility index (Phi) is 7.68. The number of alkyl halides is 3. The molecule has 11 heteroatoms. The molecule has 1 aliphatic heterocycles. The van der Waals surface area contributed by atoms with Gasteiger partial charge in [-0.25, -0.2) is 0 Å². The third-order valence-corrected chi connectivity index (χ3v) is 8.20. The predicted molar refractivity (Wildman–Crippen MR) is 151 cm³/mol. The van der Waals surface area contributed by atoms with Gasteiger partial charge in [0, 0.05) is 43.8 Å². The van der Waals surface area contributed by atoms with Crippen molar-refractivity contribution in [2.45, 2.75) is 50.4 Å². The van der Waals surface area contributed by atoms with Crippen molar-refractivity contribution in [3.05, 3.63) is 107 Å². The number of halogens is 3. The van der Waals surface area contributed by atoms with Crippen molar-refractivity contribution in [3.8, 4) is 5.75 Å². The van der Waals surface area contributed by atoms with Crippen LogP contribution in [0.1, 0.15) is 70.7 Å². The van der Waals surface area contributed by atoms with Gasteiger partial charge in [0.15, 0.2) is 6.61 Å². The molecule has 1 atom stereocenters. The Labute approximate surface area is 247 Å². The van der Waals surface area contributed by atoms with Gasteiger partial charge in [-0.2, -0.15) is 13.2 Å². The van der Waals surface area contributed by atoms with Crippen molar-refractivity contribution in [2.24, 2.45) is 5.92 Å². The molecule has 1 amide bonds. The number of nitrogens with one attached hydrogen (secondary N) is 1. The molecular weight excluding hydrogens is 559 g/mol. The molecule has 1 N–H and O–H groups in total. The van der Waals surface area contributed by atoms with E-state index in [2.05, 4.69) is 49.7 Å². The van der Waals surface area contributed by atoms with Crippen LogP contribution in [0.2, 0.25) is 0 Å². The standard InChI is InChI=1S/C32H32F3N5O3/c1-20-38-39-30(43-20)31(2,24-17-40(18-24)28(22-9-5-3-6-10-22)23-11-7-4-8-12-23)37-29(41)26-15-27(42-19-32(33,34)35)25(16-36-26)21-13-14-21/h3-12,15-16,21,24,28H,13-14,17-19H2,1-2H3,(H,37,41). The molecule has 43 heavy (non-hydrogen) atoms. The Morgan fingerprint density at radius 3 is 2.21 bits per heavy atom. The van der Waals surface area contributed by atoms with Gasteiger partial charge in [-0.3, -0.25) is 14.7 Å². The lowest BCUT2D eigenvalue weighted by Crippen LogP contribution is -2.62. The number of rotatable bonds is 10. The quantitative estimate of drug-likeness (QED) is 0.243. The second-order valence-corrected chi connectivity index (χ2v) is 11.4. The number of hydrogen-bond acceptors (Lipinski definition) is 7. The molecule has 2 aromatic carbocycles. The zero-order valence-electron chi connectivity index (χ0n) is 23.8. The number of carbonyl (C=O) groups excluding carboxylic acids is 1. The van der Waals surface area contributed by atoms with Crippen LogP contribution in [0, 0.1) is 12.8 Å². The fraction of sp³-hybridized carbons (Fsp3) is 0.375. The van der Waals surface area contributed by atoms with Gasteiger partial charge in [0.05, 0.1) is 6.04 Å². The number of ether oxygens (including phenoxy) is 1. The smallest absolute Gasteiger partial charge is 0.422 e. The van der Waals surface area contributed by atoms with E-state index < -0.39 is 24.2 Å². The summed E-state index contributed by atoms with van der Waals surface area (Å²) in [4.78, 5) is 20.3. The van der Waals surface area contributed by atoms with Gasteiger partial charge in [-0.15, -0.1) is 10.2 Å². The molecule has 1 unspecified atom stereocenters. The van der Waals surface area contributed by atoms with Crippen molar-refractivity contribution in [1.82, 2.24) is 25.4 Å². The summed E-state index contributed by atoms with van der Waals surface area (Å²) in [5, 5.41) is 11.3. The van der Waals surface area contributed by atoms with E-state index in [9.17, 15) is 18.0 Å². The van der Waals surface area contributed by atoms with E-state index in [1.54, 1.807) is 6.92 Å². The molecule has 0 spiro atoms. The average molecular weight is 592 g/mol. The molecule has 6 rings (SSSR count). The van der Waals surface area contributed by atoms with Crippen LogP contribution in [-0.2, 0) is 5.54 Å². The molecule has 0 radical (unpaired) electrons. The number of carbonyl (C=O) groups is 1. The van der Waals surface area contributed by atoms with E-state index in [-0.39, 0.29) is 35.2 Å². The topological polar surface area (TPSA) is 93.4 Å². The first-order chi connectivity index (χ1) is 20.6. The van der Waals surface area contributed by atoms with E-state index in [0.29, 0.717) is 24.5 Å². The van der Waals surface area contributed by atoms with Gasteiger partial charge in [-0.1, -0.05) is 60.7 Å². The number of aryl methyl sites for hydroxylation is 1. The molecule has 8 nitrogen and oxygen atoms in total. The molecule has 0 bridgehead atoms. The maximum absolute atomic E-state index is 13.6. The summed E-state index contributed by atoms with van der Waals surface area (Å²) < 4.78 is 49.8. The highest BCUT2D eigenvalue weighted by molar-refractivity contribution is 5.93. The molecule has 2 fully saturated rings. The second kappa shape index (κ2) is 11.4. The first-order valence-corrected chi connectivity index (χ1v) is 14.3. The third kappa shape index (κ3) is 6.27. The fourth-order valence-electron chi connectivity index (χ4n) is 5.67. The SMILES string of the molecule is Cc1nnc(C(C)(NC(=O)c2cc(OCC(F)(F)F)c(C3CC3)cn2)C2CN(C(c3ccccc3)c3ccccc3)C2)o1. The predicted octanol–water partition coefficient (Wildman–Crippen LogP) is 5.96. The first-order valence-electron chi connectivity index (χ1n) is 14.3. The number of benzene rings is 2. The third-order valence-electron chi connectivity index (χ3n) is 8.20. The Hall–Kier alpha value is -4.25. The summed E-state index contributed by atoms with van der Waals surface area (Å²) in [6, 6.07) is 21.7. The molecule has 1 saturated heterocycles. The van der Waals surface area contributed by atoms with Crippen LogP contribution in [0.5, 0.6) is 5.75 Å². The summed E-state index contributed by atoms with van der Waals surface area (Å²) in [7, 11) is 0. The highest BCUT2D eigenvalue weighted by Gasteiger charge is 2.50. The van der Waals surface area contributed by atoms with Crippen molar-refractivity contribution in [1.29, 1.82) is 0 Å². The molecule has 4 aromatic rings. The molecule has 224 valence electrons. The number of amides is 1. The monoisotopic (exact) mass is 591 g/mol. The van der Waals surface area contributed by atoms with Crippen LogP contribution in [0.15, 0.2) is 77.3 Å². The number of hydrogen-bond donors (Lipinski definition) is 1. The van der Waals surface area contributed by atoms with Crippen LogP contribution >= 0.6 is 0 Å². The molecule has 2 aromatic heterocycles. The first kappa shape index (κ1) is 28.9. The number of likely N-dealkylation sites (tertiary alicyclic amines) is 1. The van der Waals surface area contributed by atoms with E-state index in [4.69, 9.17) is 9.15 Å². The molecule has 1 aliphatic carbocycles. The van der Waals surface area contributed by atoms with Crippen molar-refractivity contribution < 1.29 is 27.1 Å². The minimum absolute atomic E-state index is 0.00741. The summed E-state index contributed by atoms with van der Waals surface area (Å²) in [6.07, 6.45) is -1.37. The minimum Gasteiger partial charge on any atom is -0.484 e. The van der Waals surface area contributed by atoms with E-state index in [1.165, 1.54) is 12.3 Å². The maximum atomic E-state index is 13.6. The summed E-state index contributed by atoms with van der Waals surface area (Å²) in [5.41, 5.74) is 1.76. The molecule has 2 aliphatic rings. The van der Waals surface area contributed by atoms with E-state index in [0.717, 1.165) is 24.0 Å². The molecule has 3 heterocycles. The van der Waals surface area contributed by atoms with Crippen LogP contribution in [-0.4, -0.2) is 51.9 Å². The number of aromatic nitrogens is 3. The zero-order valence-corrected chi connectivity index (χ0v) is 23.8. The Balaban J connectivity index is 1.26. The van der Waals surface area contributed by atoms with Crippen LogP contribution < -0.4 is 10.1 Å². The molecule has 1 saturated carbocycles. The number of nitrogens with zero attached hydrogens (tertiary/aromatic N) is 4. The van der Waals surface area contributed by atoms with Gasteiger partial charge in [0.2, 0.25) is 11.8 Å². The Morgan fingerprint density at radius 1 is 1.05 bits per heavy atom. The fourth-order valence-corrected chi connectivity index (χ4v) is 5.67. The highest BCUT2D eigenvalue weighted by atomic mass is 19.4. The van der Waals surface area contributed by atoms with Crippen LogP contribution in [0.25, 0.3) is 0 Å². The number of pyridine rings is 1. The Morgan fingerprint density at radius 2 is 1.67 bits per heavy atom. The van der Waals surface area contributed by atoms with Gasteiger partial charge >= 0.3 is 6.18 Å². The van der Waals surface area contributed by atoms with Gasteiger partial charge in [0.25, 0.3) is 5.91 Å². The lowest BCUT2D eigenvalue weighted by molar-refractivity contribution is -0.153. The van der Waals surface area contributed by atoms with Gasteiger partial charge < -0.3 is 14.5 Å². The normalized spacial score (nSPS) is 17.3. The van der Waals surface area contributed by atoms with E-state index in [1.807, 2.05) is 43.3 Å². The van der Waals surface area contributed by atoms with Crippen LogP contribution in [0.4, 0.5) is 13.2 Å². The highest BCUT2D eigenvalue weighted by Crippen LogP contribution is 2.45. The van der Waals surface area contributed by atoms with Gasteiger partial charge in [-0.05, 0) is 36.8 Å². The maximum Gasteiger partial charge on any atom is 0.422 e. The van der Waals surface area contributed by atoms with E-state index >= 15 is 0 Å². The van der Waals surface area contributed by atoms with Crippen molar-refractivity contribution >= 4 is 5.91 Å². The summed E-state index contributed by atoms with van der Waals surface area (Å²) in [6.45, 7) is 3.29. The minimum atomic E-state index is -4.51. The van der Waals surface area contributed by atoms with Gasteiger partial charge in [0.1, 0.15) is 17.0 Å². The summed E-state index contributed by atoms with van der Waals surface area (Å²) >= 11 is 0. The lowest BCUT2D eigenvalue weighted by Gasteiger charge is -2.50. The summed E-state index contributed by atoms with van der Waals surface area (Å²) in [5.74, 6) is 0.0351. The largest absolute Gasteiger partial charge is 0.484 e. The Bertz CT molecular complexity index is 1530. The van der Waals surface area contributed by atoms with Crippen molar-refractivity contribution in [2.75, 3.05) is 19.7 Å². The zero-order chi connectivity index (χ0) is 30.2. The molecular formula is C32H32F3N5O3. The second-order valence-electron chi connectivity index (χ2n) is 11.4.